The quantitative estimate of drug-likeness (QED) is 0.542. The Morgan fingerprint density at radius 3 is 1.44 bits per heavy atom. The van der Waals surface area contributed by atoms with Crippen LogP contribution < -0.4 is 0 Å². The van der Waals surface area contributed by atoms with E-state index in [4.69, 9.17) is 4.79 Å². The van der Waals surface area contributed by atoms with Gasteiger partial charge in [0.15, 0.2) is 0 Å². The zero-order valence-electron chi connectivity index (χ0n) is 8.94. The summed E-state index contributed by atoms with van der Waals surface area (Å²) < 4.78 is 0. The molecule has 0 aliphatic heterocycles. The van der Waals surface area contributed by atoms with Gasteiger partial charge in [-0.25, -0.2) is 11.1 Å². The van der Waals surface area contributed by atoms with Gasteiger partial charge in [0.05, 0.1) is 0 Å². The number of benzene rings is 2. The molecule has 0 atom stereocenters. The van der Waals surface area contributed by atoms with Crippen LogP contribution in [0, 0.1) is 19.6 Å². The van der Waals surface area contributed by atoms with Crippen molar-refractivity contribution in [3.05, 3.63) is 68.1 Å². The van der Waals surface area contributed by atoms with Gasteiger partial charge in [-0.3, -0.25) is 6.79 Å². The van der Waals surface area contributed by atoms with Crippen LogP contribution in [0.3, 0.4) is 0 Å². The van der Waals surface area contributed by atoms with Gasteiger partial charge in [-0.05, 0) is 0 Å². The van der Waals surface area contributed by atoms with Crippen LogP contribution in [0.1, 0.15) is 0 Å². The maximum atomic E-state index is 7.75. The van der Waals surface area contributed by atoms with Gasteiger partial charge in [0, 0.05) is 20.1 Å². The third kappa shape index (κ3) is 5.01. The molecule has 0 unspecified atom stereocenters. The number of hydrogen-bond acceptors (Lipinski definition) is 1. The van der Waals surface area contributed by atoms with Crippen LogP contribution in [-0.2, 0) is 24.9 Å². The Bertz CT molecular complexity index is 322. The first-order chi connectivity index (χ1) is 6.97. The Kier molecular flexibility index (Phi) is 11.0. The summed E-state index contributed by atoms with van der Waals surface area (Å²) in [7, 11) is 0. The van der Waals surface area contributed by atoms with Crippen molar-refractivity contribution in [2.75, 3.05) is 0 Å². The fourth-order valence-electron chi connectivity index (χ4n) is 1.12. The predicted octanol–water partition coefficient (Wildman–Crippen LogP) is 3.13. The maximum Gasteiger partial charge on any atom is 0 e. The summed E-state index contributed by atoms with van der Waals surface area (Å²) in [5, 5.41) is 0. The minimum Gasteiger partial charge on any atom is -0.545 e. The van der Waals surface area contributed by atoms with Crippen LogP contribution in [0.15, 0.2) is 48.5 Å². The van der Waals surface area contributed by atoms with E-state index in [9.17, 15) is 0 Å². The summed E-state index contributed by atoms with van der Waals surface area (Å²) in [6.45, 7) is 3.25. The van der Waals surface area contributed by atoms with E-state index in [1.165, 1.54) is 0 Å². The van der Waals surface area contributed by atoms with Crippen molar-refractivity contribution in [2.24, 2.45) is 0 Å². The molecule has 0 bridgehead atoms. The molecule has 2 rings (SSSR count). The van der Waals surface area contributed by atoms with Crippen LogP contribution in [-0.4, -0.2) is 6.79 Å². The van der Waals surface area contributed by atoms with Crippen molar-refractivity contribution in [2.45, 2.75) is 0 Å². The van der Waals surface area contributed by atoms with Crippen molar-refractivity contribution < 1.29 is 24.9 Å². The molecule has 0 aliphatic rings. The van der Waals surface area contributed by atoms with E-state index >= 15 is 0 Å². The molecule has 2 aromatic carbocycles. The maximum absolute atomic E-state index is 7.75. The molecule has 0 aromatic heterocycles. The van der Waals surface area contributed by atoms with Crippen molar-refractivity contribution >= 4 is 6.79 Å². The molecule has 2 heteroatoms. The molecule has 0 amide bonds. The summed E-state index contributed by atoms with van der Waals surface area (Å²) in [5.41, 5.74) is 2.19. The SMILES string of the molecule is [CH-]=O.[CH3-].[Ir].[c-]1ccccc1-c1[c-]cccc1. The van der Waals surface area contributed by atoms with Gasteiger partial charge in [-0.15, -0.1) is 12.1 Å². The van der Waals surface area contributed by atoms with Crippen molar-refractivity contribution in [3.8, 4) is 11.1 Å². The summed E-state index contributed by atoms with van der Waals surface area (Å²) in [5.74, 6) is 0. The zero-order chi connectivity index (χ0) is 10.2. The van der Waals surface area contributed by atoms with Gasteiger partial charge in [0.25, 0.3) is 0 Å². The van der Waals surface area contributed by atoms with Gasteiger partial charge < -0.3 is 12.2 Å². The summed E-state index contributed by atoms with van der Waals surface area (Å²) in [6.07, 6.45) is 0. The molecule has 0 spiro atoms. The van der Waals surface area contributed by atoms with Crippen molar-refractivity contribution in [1.82, 2.24) is 0 Å². The van der Waals surface area contributed by atoms with Gasteiger partial charge >= 0.3 is 0 Å². The van der Waals surface area contributed by atoms with E-state index in [1.807, 2.05) is 48.5 Å². The molecule has 0 saturated carbocycles. The molecule has 2 aromatic rings. The fourth-order valence-corrected chi connectivity index (χ4v) is 1.12. The Hall–Kier alpha value is -1.24. The smallest absolute Gasteiger partial charge is 0 e. The fraction of sp³-hybridized carbons (Fsp3) is 0. The normalized spacial score (nSPS) is 7.50. The average Bonchev–Trinajstić information content (AvgIpc) is 2.34. The monoisotopic (exact) mass is 389 g/mol. The second kappa shape index (κ2) is 10.3. The largest absolute Gasteiger partial charge is 0.545 e. The molecular formula is C14H12IrO-4. The number of hydrogen-bond donors (Lipinski definition) is 0. The molecule has 1 radical (unpaired) electrons. The second-order valence-electron chi connectivity index (χ2n) is 2.55. The summed E-state index contributed by atoms with van der Waals surface area (Å²) in [4.78, 5) is 7.75. The van der Waals surface area contributed by atoms with Gasteiger partial charge in [0.1, 0.15) is 0 Å². The van der Waals surface area contributed by atoms with E-state index in [0.717, 1.165) is 11.1 Å². The van der Waals surface area contributed by atoms with Crippen LogP contribution in [0.5, 0.6) is 0 Å². The first-order valence-corrected chi connectivity index (χ1v) is 4.14. The van der Waals surface area contributed by atoms with Crippen LogP contribution in [0.2, 0.25) is 0 Å². The molecule has 0 saturated heterocycles. The molecule has 87 valence electrons. The van der Waals surface area contributed by atoms with Gasteiger partial charge in [0.2, 0.25) is 0 Å². The average molecular weight is 388 g/mol. The van der Waals surface area contributed by atoms with Crippen LogP contribution in [0.25, 0.3) is 11.1 Å². The standard InChI is InChI=1S/C12H8.CHO.CH3.Ir/c1-3-7-11(8-4-1)12-9-5-2-6-10-12;1-2;;/h1-7,9H;1H;1H3;/q-2;2*-1;. The minimum absolute atomic E-state index is 0. The third-order valence-electron chi connectivity index (χ3n) is 1.71. The Labute approximate surface area is 111 Å². The molecule has 0 N–H and O–H groups in total. The van der Waals surface area contributed by atoms with E-state index in [1.54, 1.807) is 0 Å². The molecule has 0 heterocycles. The second-order valence-corrected chi connectivity index (χ2v) is 2.55. The Balaban J connectivity index is 0. The summed E-state index contributed by atoms with van der Waals surface area (Å²) in [6, 6.07) is 22.1. The number of rotatable bonds is 1. The first kappa shape index (κ1) is 17.2. The van der Waals surface area contributed by atoms with Gasteiger partial charge in [-0.1, -0.05) is 0 Å². The summed E-state index contributed by atoms with van der Waals surface area (Å²) >= 11 is 0. The first-order valence-electron chi connectivity index (χ1n) is 4.14. The molecule has 16 heavy (non-hydrogen) atoms. The van der Waals surface area contributed by atoms with Crippen molar-refractivity contribution in [3.63, 3.8) is 0 Å². The topological polar surface area (TPSA) is 17.1 Å². The van der Waals surface area contributed by atoms with E-state index in [2.05, 4.69) is 18.9 Å². The van der Waals surface area contributed by atoms with E-state index in [-0.39, 0.29) is 27.5 Å². The van der Waals surface area contributed by atoms with Gasteiger partial charge in [-0.2, -0.15) is 48.5 Å². The number of carbonyl (C=O) groups excluding carboxylic acids is 1. The van der Waals surface area contributed by atoms with Crippen molar-refractivity contribution in [1.29, 1.82) is 0 Å². The third-order valence-corrected chi connectivity index (χ3v) is 1.71. The molecule has 0 fully saturated rings. The van der Waals surface area contributed by atoms with Crippen LogP contribution in [0.4, 0.5) is 0 Å². The minimum atomic E-state index is 0. The predicted molar refractivity (Wildman–Crippen MR) is 62.7 cm³/mol. The molecular weight excluding hydrogens is 376 g/mol. The molecule has 0 aliphatic carbocycles. The van der Waals surface area contributed by atoms with Crippen LogP contribution >= 0.6 is 0 Å². The van der Waals surface area contributed by atoms with E-state index in [0.29, 0.717) is 0 Å². The van der Waals surface area contributed by atoms with E-state index < -0.39 is 0 Å². The zero-order valence-corrected chi connectivity index (χ0v) is 11.3. The Morgan fingerprint density at radius 1 is 0.812 bits per heavy atom. The molecule has 1 nitrogen and oxygen atoms in total. The Morgan fingerprint density at radius 2 is 1.19 bits per heavy atom.